The van der Waals surface area contributed by atoms with Gasteiger partial charge in [-0.05, 0) is 30.5 Å². The van der Waals surface area contributed by atoms with Crippen LogP contribution in [0.25, 0.3) is 0 Å². The Kier molecular flexibility index (Phi) is 5.04. The van der Waals surface area contributed by atoms with E-state index >= 15 is 0 Å². The topological polar surface area (TPSA) is 59.5 Å². The molecule has 1 saturated heterocycles. The minimum atomic E-state index is 0.245. The van der Waals surface area contributed by atoms with Gasteiger partial charge < -0.3 is 19.7 Å². The predicted molar refractivity (Wildman–Crippen MR) is 101 cm³/mol. The molecule has 0 spiro atoms. The van der Waals surface area contributed by atoms with Crippen LogP contribution >= 0.6 is 0 Å². The van der Waals surface area contributed by atoms with Gasteiger partial charge in [-0.2, -0.15) is 0 Å². The minimum absolute atomic E-state index is 0.245. The summed E-state index contributed by atoms with van der Waals surface area (Å²) in [4.78, 5) is 11.0. The van der Waals surface area contributed by atoms with Crippen LogP contribution in [0.2, 0.25) is 0 Å². The number of ether oxygens (including phenoxy) is 2. The maximum atomic E-state index is 5.61. The van der Waals surface area contributed by atoms with Crippen LogP contribution in [-0.2, 0) is 17.7 Å². The molecule has 1 aromatic carbocycles. The number of hydrogen-bond donors (Lipinski definition) is 1. The first-order valence-electron chi connectivity index (χ1n) is 9.26. The normalized spacial score (nSPS) is 21.7. The number of anilines is 1. The molecule has 1 fully saturated rings. The van der Waals surface area contributed by atoms with Gasteiger partial charge in [-0.15, -0.1) is 0 Å². The zero-order valence-electron chi connectivity index (χ0n) is 15.4. The van der Waals surface area contributed by atoms with Gasteiger partial charge >= 0.3 is 0 Å². The van der Waals surface area contributed by atoms with Gasteiger partial charge in [-0.1, -0.05) is 12.1 Å². The molecule has 0 amide bonds. The summed E-state index contributed by atoms with van der Waals surface area (Å²) < 4.78 is 11.2. The molecule has 2 aliphatic heterocycles. The fourth-order valence-electron chi connectivity index (χ4n) is 3.85. The third-order valence-electron chi connectivity index (χ3n) is 5.26. The van der Waals surface area contributed by atoms with Crippen molar-refractivity contribution < 1.29 is 9.47 Å². The van der Waals surface area contributed by atoms with Gasteiger partial charge in [0, 0.05) is 51.0 Å². The first-order chi connectivity index (χ1) is 12.7. The van der Waals surface area contributed by atoms with E-state index in [0.717, 1.165) is 56.3 Å². The van der Waals surface area contributed by atoms with Crippen LogP contribution in [0.5, 0.6) is 5.75 Å². The van der Waals surface area contributed by atoms with E-state index in [0.29, 0.717) is 6.04 Å². The first-order valence-corrected chi connectivity index (χ1v) is 9.26. The summed E-state index contributed by atoms with van der Waals surface area (Å²) in [5.74, 6) is 2.02. The second-order valence-corrected chi connectivity index (χ2v) is 7.09. The lowest BCUT2D eigenvalue weighted by Gasteiger charge is -2.25. The molecule has 6 heteroatoms. The molecule has 26 heavy (non-hydrogen) atoms. The predicted octanol–water partition coefficient (Wildman–Crippen LogP) is 2.10. The fourth-order valence-corrected chi connectivity index (χ4v) is 3.85. The van der Waals surface area contributed by atoms with Crippen LogP contribution in [0, 0.1) is 6.92 Å². The van der Waals surface area contributed by atoms with E-state index in [1.807, 2.05) is 13.0 Å². The van der Waals surface area contributed by atoms with Crippen LogP contribution in [-0.4, -0.2) is 48.9 Å². The number of fused-ring (bicyclic) bond motifs is 1. The number of aryl methyl sites for hydroxylation is 1. The summed E-state index contributed by atoms with van der Waals surface area (Å²) in [6, 6.07) is 8.91. The van der Waals surface area contributed by atoms with Gasteiger partial charge in [0.2, 0.25) is 0 Å². The van der Waals surface area contributed by atoms with Gasteiger partial charge in [-0.3, -0.25) is 0 Å². The molecule has 138 valence electrons. The van der Waals surface area contributed by atoms with Gasteiger partial charge in [0.15, 0.2) is 0 Å². The third-order valence-corrected chi connectivity index (χ3v) is 5.26. The molecule has 0 unspecified atom stereocenters. The van der Waals surface area contributed by atoms with E-state index in [-0.39, 0.29) is 6.10 Å². The highest BCUT2D eigenvalue weighted by Gasteiger charge is 2.32. The lowest BCUT2D eigenvalue weighted by atomic mass is 10.1. The van der Waals surface area contributed by atoms with Gasteiger partial charge in [0.05, 0.1) is 12.7 Å². The van der Waals surface area contributed by atoms with E-state index < -0.39 is 0 Å². The van der Waals surface area contributed by atoms with Crippen molar-refractivity contribution in [3.63, 3.8) is 0 Å². The lowest BCUT2D eigenvalue weighted by Crippen LogP contribution is -2.38. The highest BCUT2D eigenvalue weighted by molar-refractivity contribution is 5.42. The van der Waals surface area contributed by atoms with E-state index in [9.17, 15) is 0 Å². The molecule has 1 N–H and O–H groups in total. The largest absolute Gasteiger partial charge is 0.493 e. The van der Waals surface area contributed by atoms with E-state index in [1.54, 1.807) is 13.4 Å². The number of nitrogens with one attached hydrogen (secondary N) is 1. The number of methoxy groups -OCH3 is 1. The Morgan fingerprint density at radius 2 is 2.23 bits per heavy atom. The monoisotopic (exact) mass is 354 g/mol. The van der Waals surface area contributed by atoms with Crippen molar-refractivity contribution >= 4 is 5.82 Å². The quantitative estimate of drug-likeness (QED) is 0.857. The second-order valence-electron chi connectivity index (χ2n) is 7.09. The lowest BCUT2D eigenvalue weighted by molar-refractivity contribution is 0.118. The zero-order chi connectivity index (χ0) is 17.9. The van der Waals surface area contributed by atoms with Crippen molar-refractivity contribution in [3.05, 3.63) is 47.4 Å². The van der Waals surface area contributed by atoms with E-state index in [2.05, 4.69) is 38.4 Å². The molecule has 1 aromatic heterocycles. The van der Waals surface area contributed by atoms with Crippen LogP contribution in [0.3, 0.4) is 0 Å². The Hall–Kier alpha value is -2.18. The molecule has 0 bridgehead atoms. The van der Waals surface area contributed by atoms with Crippen molar-refractivity contribution in [3.8, 4) is 5.75 Å². The molecule has 2 atom stereocenters. The summed E-state index contributed by atoms with van der Waals surface area (Å²) in [6.07, 6.45) is 3.91. The Bertz CT molecular complexity index is 767. The molecular weight excluding hydrogens is 328 g/mol. The summed E-state index contributed by atoms with van der Waals surface area (Å²) in [6.45, 7) is 5.43. The number of nitrogens with zero attached hydrogens (tertiary/aromatic N) is 3. The molecule has 4 rings (SSSR count). The van der Waals surface area contributed by atoms with Crippen LogP contribution in [0.15, 0.2) is 30.6 Å². The van der Waals surface area contributed by atoms with Gasteiger partial charge in [-0.25, -0.2) is 9.97 Å². The molecule has 2 aliphatic rings. The average molecular weight is 354 g/mol. The molecule has 3 heterocycles. The standard InChI is InChI=1S/C20H26N4O2/c1-14-7-20(23-13-22-14)24-12-18(25-2)9-17(24)11-21-10-15-3-4-19-16(8-15)5-6-26-19/h3-4,7-8,13,17-18,21H,5-6,9-12H2,1-2H3/t17-,18-/m0/s1. The van der Waals surface area contributed by atoms with Crippen LogP contribution in [0.4, 0.5) is 5.82 Å². The highest BCUT2D eigenvalue weighted by Crippen LogP contribution is 2.27. The van der Waals surface area contributed by atoms with E-state index in [1.165, 1.54) is 11.1 Å². The summed E-state index contributed by atoms with van der Waals surface area (Å²) in [5.41, 5.74) is 3.62. The summed E-state index contributed by atoms with van der Waals surface area (Å²) >= 11 is 0. The number of aromatic nitrogens is 2. The summed E-state index contributed by atoms with van der Waals surface area (Å²) in [5, 5.41) is 3.61. The smallest absolute Gasteiger partial charge is 0.132 e. The maximum Gasteiger partial charge on any atom is 0.132 e. The SMILES string of the molecule is CO[C@H]1C[C@@H](CNCc2ccc3c(c2)CCO3)N(c2cc(C)ncn2)C1. The van der Waals surface area contributed by atoms with Crippen LogP contribution in [0.1, 0.15) is 23.2 Å². The molecule has 2 aromatic rings. The van der Waals surface area contributed by atoms with Gasteiger partial charge in [0.1, 0.15) is 17.9 Å². The Morgan fingerprint density at radius 1 is 1.31 bits per heavy atom. The van der Waals surface area contributed by atoms with Crippen molar-refractivity contribution in [2.75, 3.05) is 31.7 Å². The zero-order valence-corrected chi connectivity index (χ0v) is 15.4. The van der Waals surface area contributed by atoms with Gasteiger partial charge in [0.25, 0.3) is 0 Å². The summed E-state index contributed by atoms with van der Waals surface area (Å²) in [7, 11) is 1.79. The Morgan fingerprint density at radius 3 is 3.08 bits per heavy atom. The Labute approximate surface area is 154 Å². The molecule has 0 radical (unpaired) electrons. The molecule has 6 nitrogen and oxygen atoms in total. The van der Waals surface area contributed by atoms with Crippen LogP contribution < -0.4 is 15.0 Å². The van der Waals surface area contributed by atoms with Crippen molar-refractivity contribution in [1.29, 1.82) is 0 Å². The van der Waals surface area contributed by atoms with Crippen molar-refractivity contribution in [1.82, 2.24) is 15.3 Å². The maximum absolute atomic E-state index is 5.61. The minimum Gasteiger partial charge on any atom is -0.493 e. The van der Waals surface area contributed by atoms with Crippen molar-refractivity contribution in [2.45, 2.75) is 38.5 Å². The number of rotatable bonds is 6. The fraction of sp³-hybridized carbons (Fsp3) is 0.500. The average Bonchev–Trinajstić information content (AvgIpc) is 3.28. The third kappa shape index (κ3) is 3.66. The number of hydrogen-bond acceptors (Lipinski definition) is 6. The second kappa shape index (κ2) is 7.60. The van der Waals surface area contributed by atoms with E-state index in [4.69, 9.17) is 9.47 Å². The Balaban J connectivity index is 1.39. The first kappa shape index (κ1) is 17.2. The molecular formula is C20H26N4O2. The molecule has 0 saturated carbocycles. The van der Waals surface area contributed by atoms with Crippen molar-refractivity contribution in [2.24, 2.45) is 0 Å². The molecule has 0 aliphatic carbocycles. The highest BCUT2D eigenvalue weighted by atomic mass is 16.5. The number of benzene rings is 1.